The molecule has 2 N–H and O–H groups in total. The number of rotatable bonds is 3. The average molecular weight is 388 g/mol. The molecule has 0 fully saturated rings. The summed E-state index contributed by atoms with van der Waals surface area (Å²) in [7, 11) is -3.77. The Hall–Kier alpha value is -3.56. The number of carbonyl (C=O) groups excluding carboxylic acids is 1. The van der Waals surface area contributed by atoms with Crippen molar-refractivity contribution in [3.05, 3.63) is 89.5 Å². The first kappa shape index (κ1) is 17.8. The number of amides is 1. The van der Waals surface area contributed by atoms with Crippen molar-refractivity contribution in [1.82, 2.24) is 0 Å². The number of hydrogen-bond donors (Lipinski definition) is 2. The van der Waals surface area contributed by atoms with Crippen LogP contribution in [0.2, 0.25) is 0 Å². The molecular weight excluding hydrogens is 372 g/mol. The van der Waals surface area contributed by atoms with E-state index in [-0.39, 0.29) is 17.2 Å². The van der Waals surface area contributed by atoms with Crippen LogP contribution in [0.5, 0.6) is 0 Å². The highest BCUT2D eigenvalue weighted by Gasteiger charge is 2.21. The lowest BCUT2D eigenvalue weighted by molar-refractivity contribution is -0.115. The van der Waals surface area contributed by atoms with Gasteiger partial charge in [0.25, 0.3) is 10.0 Å². The van der Waals surface area contributed by atoms with Crippen LogP contribution in [0.1, 0.15) is 16.7 Å². The zero-order valence-corrected chi connectivity index (χ0v) is 15.6. The minimum absolute atomic E-state index is 0.114. The minimum atomic E-state index is -3.77. The van der Waals surface area contributed by atoms with Gasteiger partial charge in [0.2, 0.25) is 5.91 Å². The third kappa shape index (κ3) is 3.90. The highest BCUT2D eigenvalue weighted by molar-refractivity contribution is 7.92. The summed E-state index contributed by atoms with van der Waals surface area (Å²) in [6, 6.07) is 21.1. The van der Waals surface area contributed by atoms with Crippen LogP contribution in [-0.4, -0.2) is 14.3 Å². The zero-order chi connectivity index (χ0) is 19.6. The lowest BCUT2D eigenvalue weighted by atomic mass is 10.2. The van der Waals surface area contributed by atoms with Crippen molar-refractivity contribution in [2.75, 3.05) is 10.0 Å². The maximum absolute atomic E-state index is 12.7. The third-order valence-corrected chi connectivity index (χ3v) is 5.63. The smallest absolute Gasteiger partial charge is 0.261 e. The Balaban J connectivity index is 1.57. The van der Waals surface area contributed by atoms with E-state index in [1.54, 1.807) is 24.3 Å². The van der Waals surface area contributed by atoms with Crippen LogP contribution in [-0.2, 0) is 21.2 Å². The van der Waals surface area contributed by atoms with Gasteiger partial charge in [-0.2, -0.15) is 0 Å². The van der Waals surface area contributed by atoms with Crippen LogP contribution < -0.4 is 10.0 Å². The Morgan fingerprint density at radius 1 is 0.857 bits per heavy atom. The molecule has 1 amide bonds. The quantitative estimate of drug-likeness (QED) is 0.676. The molecule has 5 nitrogen and oxygen atoms in total. The van der Waals surface area contributed by atoms with E-state index in [4.69, 9.17) is 0 Å². The Labute approximate surface area is 163 Å². The molecular formula is C22H16N2O3S. The molecule has 0 saturated heterocycles. The predicted molar refractivity (Wildman–Crippen MR) is 108 cm³/mol. The second-order valence-corrected chi connectivity index (χ2v) is 8.03. The van der Waals surface area contributed by atoms with Crippen LogP contribution in [0.3, 0.4) is 0 Å². The monoisotopic (exact) mass is 388 g/mol. The van der Waals surface area contributed by atoms with Gasteiger partial charge in [-0.15, -0.1) is 0 Å². The van der Waals surface area contributed by atoms with Gasteiger partial charge in [0, 0.05) is 16.8 Å². The van der Waals surface area contributed by atoms with Gasteiger partial charge in [0.1, 0.15) is 0 Å². The molecule has 0 atom stereocenters. The van der Waals surface area contributed by atoms with E-state index in [0.29, 0.717) is 22.5 Å². The van der Waals surface area contributed by atoms with E-state index in [2.05, 4.69) is 21.9 Å². The average Bonchev–Trinajstić information content (AvgIpc) is 3.06. The lowest BCUT2D eigenvalue weighted by Gasteiger charge is -2.09. The van der Waals surface area contributed by atoms with Crippen LogP contribution in [0, 0.1) is 11.8 Å². The molecule has 6 heteroatoms. The Bertz CT molecular complexity index is 1220. The van der Waals surface area contributed by atoms with Crippen molar-refractivity contribution in [2.45, 2.75) is 11.3 Å². The van der Waals surface area contributed by atoms with Crippen molar-refractivity contribution >= 4 is 27.3 Å². The van der Waals surface area contributed by atoms with E-state index in [1.807, 2.05) is 36.4 Å². The standard InChI is InChI=1S/C22H16N2O3S/c25-22-15-18-14-20(11-12-21(18)23-22)28(26,27)24-19-8-4-7-17(13-19)10-9-16-5-2-1-3-6-16/h1-8,11-14,24H,15H2,(H,23,25). The fraction of sp³-hybridized carbons (Fsp3) is 0.0455. The maximum atomic E-state index is 12.7. The van der Waals surface area contributed by atoms with Crippen molar-refractivity contribution in [3.8, 4) is 11.8 Å². The van der Waals surface area contributed by atoms with E-state index in [9.17, 15) is 13.2 Å². The number of benzene rings is 3. The van der Waals surface area contributed by atoms with E-state index in [1.165, 1.54) is 12.1 Å². The number of carbonyl (C=O) groups is 1. The number of fused-ring (bicyclic) bond motifs is 1. The van der Waals surface area contributed by atoms with Gasteiger partial charge in [0.15, 0.2) is 0 Å². The summed E-state index contributed by atoms with van der Waals surface area (Å²) in [5.74, 6) is 5.95. The van der Waals surface area contributed by atoms with Gasteiger partial charge >= 0.3 is 0 Å². The molecule has 1 heterocycles. The summed E-state index contributed by atoms with van der Waals surface area (Å²) in [5.41, 5.74) is 3.34. The topological polar surface area (TPSA) is 75.3 Å². The fourth-order valence-corrected chi connectivity index (χ4v) is 4.01. The molecule has 0 bridgehead atoms. The maximum Gasteiger partial charge on any atom is 0.261 e. The zero-order valence-electron chi connectivity index (χ0n) is 14.8. The van der Waals surface area contributed by atoms with Gasteiger partial charge in [-0.1, -0.05) is 36.1 Å². The van der Waals surface area contributed by atoms with Crippen LogP contribution >= 0.6 is 0 Å². The second-order valence-electron chi connectivity index (χ2n) is 6.35. The lowest BCUT2D eigenvalue weighted by Crippen LogP contribution is -2.13. The normalized spacial score (nSPS) is 12.5. The first-order valence-electron chi connectivity index (χ1n) is 8.62. The van der Waals surface area contributed by atoms with Crippen LogP contribution in [0.15, 0.2) is 77.7 Å². The van der Waals surface area contributed by atoms with Crippen LogP contribution in [0.4, 0.5) is 11.4 Å². The molecule has 0 aromatic heterocycles. The second kappa shape index (κ2) is 7.22. The Morgan fingerprint density at radius 3 is 2.43 bits per heavy atom. The summed E-state index contributed by atoms with van der Waals surface area (Å²) >= 11 is 0. The first-order valence-corrected chi connectivity index (χ1v) is 10.1. The largest absolute Gasteiger partial charge is 0.326 e. The summed E-state index contributed by atoms with van der Waals surface area (Å²) in [5, 5.41) is 2.69. The molecule has 138 valence electrons. The summed E-state index contributed by atoms with van der Waals surface area (Å²) in [4.78, 5) is 11.6. The number of hydrogen-bond acceptors (Lipinski definition) is 3. The SMILES string of the molecule is O=C1Cc2cc(S(=O)(=O)Nc3cccc(C#Cc4ccccc4)c3)ccc2N1. The Kier molecular flexibility index (Phi) is 4.60. The molecule has 0 radical (unpaired) electrons. The summed E-state index contributed by atoms with van der Waals surface area (Å²) < 4.78 is 28.0. The summed E-state index contributed by atoms with van der Waals surface area (Å²) in [6.07, 6.45) is 0.184. The molecule has 3 aromatic carbocycles. The molecule has 28 heavy (non-hydrogen) atoms. The van der Waals surface area contributed by atoms with Gasteiger partial charge < -0.3 is 5.32 Å². The van der Waals surface area contributed by atoms with Crippen molar-refractivity contribution in [3.63, 3.8) is 0 Å². The molecule has 1 aliphatic heterocycles. The van der Waals surface area contributed by atoms with Crippen molar-refractivity contribution in [2.24, 2.45) is 0 Å². The first-order chi connectivity index (χ1) is 13.5. The highest BCUT2D eigenvalue weighted by Crippen LogP contribution is 2.27. The van der Waals surface area contributed by atoms with Crippen molar-refractivity contribution in [1.29, 1.82) is 0 Å². The minimum Gasteiger partial charge on any atom is -0.326 e. The fourth-order valence-electron chi connectivity index (χ4n) is 2.91. The summed E-state index contributed by atoms with van der Waals surface area (Å²) in [6.45, 7) is 0. The number of nitrogens with one attached hydrogen (secondary N) is 2. The number of sulfonamides is 1. The molecule has 1 aliphatic rings. The molecule has 4 rings (SSSR count). The molecule has 0 unspecified atom stereocenters. The van der Waals surface area contributed by atoms with E-state index in [0.717, 1.165) is 5.56 Å². The molecule has 0 saturated carbocycles. The number of anilines is 2. The van der Waals surface area contributed by atoms with Gasteiger partial charge in [-0.05, 0) is 54.1 Å². The van der Waals surface area contributed by atoms with E-state index >= 15 is 0 Å². The van der Waals surface area contributed by atoms with Crippen molar-refractivity contribution < 1.29 is 13.2 Å². The predicted octanol–water partition coefficient (Wildman–Crippen LogP) is 3.38. The highest BCUT2D eigenvalue weighted by atomic mass is 32.2. The molecule has 0 aliphatic carbocycles. The van der Waals surface area contributed by atoms with E-state index < -0.39 is 10.0 Å². The Morgan fingerprint density at radius 2 is 1.61 bits per heavy atom. The molecule has 0 spiro atoms. The van der Waals surface area contributed by atoms with Gasteiger partial charge in [-0.3, -0.25) is 9.52 Å². The van der Waals surface area contributed by atoms with Gasteiger partial charge in [-0.25, -0.2) is 8.42 Å². The van der Waals surface area contributed by atoms with Gasteiger partial charge in [0.05, 0.1) is 17.0 Å². The molecule has 3 aromatic rings. The third-order valence-electron chi connectivity index (χ3n) is 4.25. The van der Waals surface area contributed by atoms with Crippen LogP contribution in [0.25, 0.3) is 0 Å².